The molecule has 2 aliphatic rings. The highest BCUT2D eigenvalue weighted by atomic mass is 16.5. The molecule has 0 radical (unpaired) electrons. The quantitative estimate of drug-likeness (QED) is 0.841. The molecule has 0 unspecified atom stereocenters. The maximum absolute atomic E-state index is 5.85. The van der Waals surface area contributed by atoms with E-state index in [4.69, 9.17) is 14.2 Å². The molecule has 1 aromatic carbocycles. The molecule has 6 heteroatoms. The number of rotatable bonds is 4. The number of aryl methyl sites for hydroxylation is 2. The Kier molecular flexibility index (Phi) is 4.76. The van der Waals surface area contributed by atoms with E-state index in [2.05, 4.69) is 40.7 Å². The summed E-state index contributed by atoms with van der Waals surface area (Å²) in [4.78, 5) is 2.46. The van der Waals surface area contributed by atoms with Gasteiger partial charge in [0.25, 0.3) is 0 Å². The Bertz CT molecular complexity index is 787. The van der Waals surface area contributed by atoms with E-state index in [0.717, 1.165) is 61.0 Å². The van der Waals surface area contributed by atoms with E-state index in [1.807, 2.05) is 6.07 Å². The second-order valence-corrected chi connectivity index (χ2v) is 7.21. The lowest BCUT2D eigenvalue weighted by Gasteiger charge is -2.20. The van der Waals surface area contributed by atoms with Gasteiger partial charge in [-0.05, 0) is 32.4 Å². The van der Waals surface area contributed by atoms with Crippen LogP contribution >= 0.6 is 0 Å². The highest BCUT2D eigenvalue weighted by Gasteiger charge is 2.27. The molecular weight excluding hydrogens is 330 g/mol. The van der Waals surface area contributed by atoms with Crippen LogP contribution in [-0.2, 0) is 6.54 Å². The molecule has 1 aromatic heterocycles. The van der Waals surface area contributed by atoms with Crippen LogP contribution in [0, 0.1) is 13.8 Å². The van der Waals surface area contributed by atoms with Crippen LogP contribution in [0.15, 0.2) is 18.2 Å². The van der Waals surface area contributed by atoms with Crippen LogP contribution in [0.2, 0.25) is 0 Å². The van der Waals surface area contributed by atoms with Crippen LogP contribution in [0.5, 0.6) is 17.2 Å². The minimum atomic E-state index is 0.440. The minimum Gasteiger partial charge on any atom is -0.496 e. The van der Waals surface area contributed by atoms with Crippen molar-refractivity contribution in [2.24, 2.45) is 0 Å². The number of benzene rings is 1. The molecule has 0 bridgehead atoms. The Morgan fingerprint density at radius 2 is 1.92 bits per heavy atom. The first-order valence-corrected chi connectivity index (χ1v) is 9.35. The zero-order chi connectivity index (χ0) is 18.1. The lowest BCUT2D eigenvalue weighted by atomic mass is 10.1. The maximum atomic E-state index is 5.85. The first-order valence-electron chi connectivity index (χ1n) is 9.35. The standard InChI is InChI=1S/C20H27N3O3/c1-14-9-15(2)23(21-14)17-5-6-22(13-17)12-16-10-19-20(11-18(16)24-3)26-8-4-7-25-19/h9-11,17H,4-8,12-13H2,1-3H3/t17-/m1/s1. The smallest absolute Gasteiger partial charge is 0.164 e. The van der Waals surface area contributed by atoms with Gasteiger partial charge in [0.15, 0.2) is 11.5 Å². The van der Waals surface area contributed by atoms with Crippen LogP contribution in [0.3, 0.4) is 0 Å². The maximum Gasteiger partial charge on any atom is 0.164 e. The van der Waals surface area contributed by atoms with E-state index in [-0.39, 0.29) is 0 Å². The van der Waals surface area contributed by atoms with Crippen molar-refractivity contribution in [2.75, 3.05) is 33.4 Å². The van der Waals surface area contributed by atoms with Gasteiger partial charge in [0.1, 0.15) is 5.75 Å². The molecule has 2 aromatic rings. The second-order valence-electron chi connectivity index (χ2n) is 7.21. The van der Waals surface area contributed by atoms with Crippen molar-refractivity contribution in [3.63, 3.8) is 0 Å². The topological polar surface area (TPSA) is 48.8 Å². The van der Waals surface area contributed by atoms with Crippen molar-refractivity contribution < 1.29 is 14.2 Å². The fourth-order valence-corrected chi connectivity index (χ4v) is 3.96. The summed E-state index contributed by atoms with van der Waals surface area (Å²) in [5.41, 5.74) is 3.47. The van der Waals surface area contributed by atoms with Gasteiger partial charge in [-0.2, -0.15) is 5.10 Å². The molecule has 140 valence electrons. The zero-order valence-corrected chi connectivity index (χ0v) is 15.8. The molecule has 26 heavy (non-hydrogen) atoms. The Morgan fingerprint density at radius 3 is 2.62 bits per heavy atom. The molecule has 0 spiro atoms. The molecular formula is C20H27N3O3. The van der Waals surface area contributed by atoms with Gasteiger partial charge in [-0.25, -0.2) is 0 Å². The van der Waals surface area contributed by atoms with Gasteiger partial charge in [-0.15, -0.1) is 0 Å². The number of methoxy groups -OCH3 is 1. The largest absolute Gasteiger partial charge is 0.496 e. The average Bonchev–Trinajstić information content (AvgIpc) is 3.13. The number of hydrogen-bond acceptors (Lipinski definition) is 5. The predicted molar refractivity (Wildman–Crippen MR) is 99.2 cm³/mol. The molecule has 0 saturated carbocycles. The summed E-state index contributed by atoms with van der Waals surface area (Å²) in [5, 5.41) is 4.66. The second kappa shape index (κ2) is 7.19. The van der Waals surface area contributed by atoms with Gasteiger partial charge in [0.05, 0.1) is 32.1 Å². The van der Waals surface area contributed by atoms with Crippen LogP contribution in [0.1, 0.15) is 35.8 Å². The fourth-order valence-electron chi connectivity index (χ4n) is 3.96. The van der Waals surface area contributed by atoms with Gasteiger partial charge in [-0.1, -0.05) is 0 Å². The number of aromatic nitrogens is 2. The number of fused-ring (bicyclic) bond motifs is 1. The summed E-state index contributed by atoms with van der Waals surface area (Å²) in [6.07, 6.45) is 2.03. The Balaban J connectivity index is 1.50. The Hall–Kier alpha value is -2.21. The van der Waals surface area contributed by atoms with E-state index in [0.29, 0.717) is 19.3 Å². The average molecular weight is 357 g/mol. The van der Waals surface area contributed by atoms with Crippen molar-refractivity contribution in [2.45, 2.75) is 39.3 Å². The van der Waals surface area contributed by atoms with Crippen molar-refractivity contribution in [1.29, 1.82) is 0 Å². The van der Waals surface area contributed by atoms with E-state index in [1.54, 1.807) is 7.11 Å². The predicted octanol–water partition coefficient (Wildman–Crippen LogP) is 3.12. The molecule has 0 N–H and O–H groups in total. The third-order valence-electron chi connectivity index (χ3n) is 5.18. The summed E-state index contributed by atoms with van der Waals surface area (Å²) in [7, 11) is 1.71. The van der Waals surface area contributed by atoms with E-state index < -0.39 is 0 Å². The van der Waals surface area contributed by atoms with Crippen molar-refractivity contribution in [3.8, 4) is 17.2 Å². The summed E-state index contributed by atoms with van der Waals surface area (Å²) in [6, 6.07) is 6.63. The van der Waals surface area contributed by atoms with Gasteiger partial charge >= 0.3 is 0 Å². The summed E-state index contributed by atoms with van der Waals surface area (Å²) in [6.45, 7) is 8.47. The molecule has 0 amide bonds. The lowest BCUT2D eigenvalue weighted by Crippen LogP contribution is -2.22. The van der Waals surface area contributed by atoms with E-state index >= 15 is 0 Å². The van der Waals surface area contributed by atoms with Crippen molar-refractivity contribution in [1.82, 2.24) is 14.7 Å². The highest BCUT2D eigenvalue weighted by Crippen LogP contribution is 2.37. The minimum absolute atomic E-state index is 0.440. The van der Waals surface area contributed by atoms with Gasteiger partial charge < -0.3 is 14.2 Å². The fraction of sp³-hybridized carbons (Fsp3) is 0.550. The third-order valence-corrected chi connectivity index (χ3v) is 5.18. The number of likely N-dealkylation sites (tertiary alicyclic amines) is 1. The highest BCUT2D eigenvalue weighted by molar-refractivity contribution is 5.51. The van der Waals surface area contributed by atoms with Crippen LogP contribution in [0.4, 0.5) is 0 Å². The lowest BCUT2D eigenvalue weighted by molar-refractivity contribution is 0.296. The van der Waals surface area contributed by atoms with Crippen LogP contribution in [-0.4, -0.2) is 48.1 Å². The Labute approximate surface area is 154 Å². The normalized spacial score (nSPS) is 20.2. The number of nitrogens with zero attached hydrogens (tertiary/aromatic N) is 3. The first-order chi connectivity index (χ1) is 12.6. The summed E-state index contributed by atoms with van der Waals surface area (Å²) < 4.78 is 19.4. The van der Waals surface area contributed by atoms with Crippen LogP contribution < -0.4 is 14.2 Å². The molecule has 1 fully saturated rings. The molecule has 1 saturated heterocycles. The van der Waals surface area contributed by atoms with Crippen molar-refractivity contribution >= 4 is 0 Å². The molecule has 1 atom stereocenters. The summed E-state index contributed by atoms with van der Waals surface area (Å²) >= 11 is 0. The van der Waals surface area contributed by atoms with E-state index in [1.165, 1.54) is 5.69 Å². The van der Waals surface area contributed by atoms with E-state index in [9.17, 15) is 0 Å². The Morgan fingerprint density at radius 1 is 1.15 bits per heavy atom. The molecule has 3 heterocycles. The molecule has 6 nitrogen and oxygen atoms in total. The SMILES string of the molecule is COc1cc2c(cc1CN1CC[C@@H](n3nc(C)cc3C)C1)OCCCO2. The summed E-state index contributed by atoms with van der Waals surface area (Å²) in [5.74, 6) is 2.47. The number of hydrogen-bond donors (Lipinski definition) is 0. The molecule has 0 aliphatic carbocycles. The molecule has 2 aliphatic heterocycles. The van der Waals surface area contributed by atoms with Gasteiger partial charge in [-0.3, -0.25) is 9.58 Å². The van der Waals surface area contributed by atoms with Gasteiger partial charge in [0.2, 0.25) is 0 Å². The zero-order valence-electron chi connectivity index (χ0n) is 15.8. The van der Waals surface area contributed by atoms with Crippen LogP contribution in [0.25, 0.3) is 0 Å². The number of ether oxygens (including phenoxy) is 3. The monoisotopic (exact) mass is 357 g/mol. The molecule has 4 rings (SSSR count). The first kappa shape index (κ1) is 17.2. The van der Waals surface area contributed by atoms with Crippen molar-refractivity contribution in [3.05, 3.63) is 35.2 Å². The third kappa shape index (κ3) is 3.38. The van der Waals surface area contributed by atoms with Gasteiger partial charge in [0, 0.05) is 43.4 Å².